The molecule has 0 spiro atoms. The van der Waals surface area contributed by atoms with Crippen molar-refractivity contribution in [1.29, 1.82) is 0 Å². The number of rotatable bonds is 7. The lowest BCUT2D eigenvalue weighted by molar-refractivity contribution is 0.0955. The Morgan fingerprint density at radius 3 is 2.53 bits per heavy atom. The first kappa shape index (κ1) is 14.0. The van der Waals surface area contributed by atoms with Crippen molar-refractivity contribution in [3.63, 3.8) is 0 Å². The zero-order valence-corrected chi connectivity index (χ0v) is 11.5. The summed E-state index contributed by atoms with van der Waals surface area (Å²) in [6.45, 7) is 8.12. The van der Waals surface area contributed by atoms with E-state index in [1.807, 2.05) is 19.9 Å². The SMILES string of the molecule is CCCCC(CC)CC(=O)c1cc(C)oc1C. The molecule has 0 saturated heterocycles. The summed E-state index contributed by atoms with van der Waals surface area (Å²) >= 11 is 0. The smallest absolute Gasteiger partial charge is 0.166 e. The van der Waals surface area contributed by atoms with E-state index >= 15 is 0 Å². The minimum atomic E-state index is 0.238. The van der Waals surface area contributed by atoms with Gasteiger partial charge in [-0.3, -0.25) is 4.79 Å². The van der Waals surface area contributed by atoms with E-state index < -0.39 is 0 Å². The maximum absolute atomic E-state index is 12.2. The summed E-state index contributed by atoms with van der Waals surface area (Å²) in [5, 5.41) is 0. The van der Waals surface area contributed by atoms with Crippen molar-refractivity contribution >= 4 is 5.78 Å². The Morgan fingerprint density at radius 1 is 1.35 bits per heavy atom. The normalized spacial score (nSPS) is 12.7. The fourth-order valence-electron chi connectivity index (χ4n) is 2.22. The molecule has 1 rings (SSSR count). The van der Waals surface area contributed by atoms with E-state index in [2.05, 4.69) is 13.8 Å². The number of ketones is 1. The quantitative estimate of drug-likeness (QED) is 0.643. The van der Waals surface area contributed by atoms with Gasteiger partial charge in [-0.25, -0.2) is 0 Å². The van der Waals surface area contributed by atoms with Crippen LogP contribution >= 0.6 is 0 Å². The predicted octanol–water partition coefficient (Wildman–Crippen LogP) is 4.69. The number of hydrogen-bond acceptors (Lipinski definition) is 2. The lowest BCUT2D eigenvalue weighted by Crippen LogP contribution is -2.08. The summed E-state index contributed by atoms with van der Waals surface area (Å²) < 4.78 is 5.41. The number of unbranched alkanes of at least 4 members (excludes halogenated alkanes) is 1. The van der Waals surface area contributed by atoms with Crippen molar-refractivity contribution in [2.45, 2.75) is 59.8 Å². The van der Waals surface area contributed by atoms with Crippen molar-refractivity contribution in [3.8, 4) is 0 Å². The fraction of sp³-hybridized carbons (Fsp3) is 0.667. The number of Topliss-reactive ketones (excluding diaryl/α,β-unsaturated/α-hetero) is 1. The van der Waals surface area contributed by atoms with Crippen molar-refractivity contribution in [2.75, 3.05) is 0 Å². The van der Waals surface area contributed by atoms with Crippen molar-refractivity contribution in [1.82, 2.24) is 0 Å². The highest BCUT2D eigenvalue weighted by Crippen LogP contribution is 2.22. The number of aryl methyl sites for hydroxylation is 2. The molecule has 1 unspecified atom stereocenters. The van der Waals surface area contributed by atoms with Gasteiger partial charge in [-0.2, -0.15) is 0 Å². The number of carbonyl (C=O) groups excluding carboxylic acids is 1. The largest absolute Gasteiger partial charge is 0.466 e. The van der Waals surface area contributed by atoms with E-state index in [1.165, 1.54) is 12.8 Å². The third kappa shape index (κ3) is 4.03. The van der Waals surface area contributed by atoms with Crippen LogP contribution in [0.25, 0.3) is 0 Å². The van der Waals surface area contributed by atoms with Crippen LogP contribution in [-0.2, 0) is 0 Å². The van der Waals surface area contributed by atoms with Crippen molar-refractivity contribution in [3.05, 3.63) is 23.2 Å². The second-order valence-corrected chi connectivity index (χ2v) is 4.87. The highest BCUT2D eigenvalue weighted by atomic mass is 16.3. The molecule has 2 nitrogen and oxygen atoms in total. The van der Waals surface area contributed by atoms with Gasteiger partial charge in [0.1, 0.15) is 11.5 Å². The molecule has 2 heteroatoms. The van der Waals surface area contributed by atoms with Crippen LogP contribution in [0.2, 0.25) is 0 Å². The zero-order valence-electron chi connectivity index (χ0n) is 11.5. The van der Waals surface area contributed by atoms with Crippen LogP contribution < -0.4 is 0 Å². The van der Waals surface area contributed by atoms with Crippen LogP contribution in [0.3, 0.4) is 0 Å². The lowest BCUT2D eigenvalue weighted by Gasteiger charge is -2.12. The third-order valence-electron chi connectivity index (χ3n) is 3.36. The molecule has 1 atom stereocenters. The van der Waals surface area contributed by atoms with Gasteiger partial charge >= 0.3 is 0 Å². The summed E-state index contributed by atoms with van der Waals surface area (Å²) in [7, 11) is 0. The summed E-state index contributed by atoms with van der Waals surface area (Å²) in [4.78, 5) is 12.2. The van der Waals surface area contributed by atoms with Crippen LogP contribution in [0.4, 0.5) is 0 Å². The van der Waals surface area contributed by atoms with Gasteiger partial charge in [0, 0.05) is 6.42 Å². The Hall–Kier alpha value is -1.05. The van der Waals surface area contributed by atoms with Crippen LogP contribution in [0.5, 0.6) is 0 Å². The van der Waals surface area contributed by atoms with Crippen LogP contribution in [0.15, 0.2) is 10.5 Å². The van der Waals surface area contributed by atoms with Gasteiger partial charge in [0.2, 0.25) is 0 Å². The number of hydrogen-bond donors (Lipinski definition) is 0. The maximum Gasteiger partial charge on any atom is 0.166 e. The summed E-state index contributed by atoms with van der Waals surface area (Å²) in [5.74, 6) is 2.35. The fourth-order valence-corrected chi connectivity index (χ4v) is 2.22. The van der Waals surface area contributed by atoms with E-state index in [4.69, 9.17) is 4.42 Å². The first-order valence-corrected chi connectivity index (χ1v) is 6.68. The Kier molecular flexibility index (Phi) is 5.46. The molecule has 0 radical (unpaired) electrons. The lowest BCUT2D eigenvalue weighted by atomic mass is 9.91. The first-order valence-electron chi connectivity index (χ1n) is 6.68. The predicted molar refractivity (Wildman–Crippen MR) is 70.4 cm³/mol. The van der Waals surface area contributed by atoms with Gasteiger partial charge < -0.3 is 4.42 Å². The maximum atomic E-state index is 12.2. The molecule has 1 aromatic heterocycles. The molecule has 0 N–H and O–H groups in total. The number of furan rings is 1. The molecule has 0 aliphatic heterocycles. The molecule has 0 fully saturated rings. The van der Waals surface area contributed by atoms with E-state index in [-0.39, 0.29) is 5.78 Å². The molecule has 0 bridgehead atoms. The summed E-state index contributed by atoms with van der Waals surface area (Å²) in [6, 6.07) is 1.87. The highest BCUT2D eigenvalue weighted by molar-refractivity contribution is 5.97. The molecular weight excluding hydrogens is 212 g/mol. The monoisotopic (exact) mass is 236 g/mol. The third-order valence-corrected chi connectivity index (χ3v) is 3.36. The Morgan fingerprint density at radius 2 is 2.06 bits per heavy atom. The zero-order chi connectivity index (χ0) is 12.8. The van der Waals surface area contributed by atoms with Crippen LogP contribution in [0, 0.1) is 19.8 Å². The molecule has 96 valence electrons. The van der Waals surface area contributed by atoms with Gasteiger partial charge in [-0.05, 0) is 25.8 Å². The van der Waals surface area contributed by atoms with E-state index in [0.717, 1.165) is 29.9 Å². The van der Waals surface area contributed by atoms with E-state index in [0.29, 0.717) is 12.3 Å². The molecule has 1 aromatic rings. The van der Waals surface area contributed by atoms with E-state index in [9.17, 15) is 4.79 Å². The Balaban J connectivity index is 2.61. The van der Waals surface area contributed by atoms with Crippen molar-refractivity contribution < 1.29 is 9.21 Å². The molecule has 0 aliphatic rings. The van der Waals surface area contributed by atoms with Crippen LogP contribution in [-0.4, -0.2) is 5.78 Å². The Labute approximate surface area is 104 Å². The molecule has 17 heavy (non-hydrogen) atoms. The second-order valence-electron chi connectivity index (χ2n) is 4.87. The number of carbonyl (C=O) groups is 1. The van der Waals surface area contributed by atoms with Gasteiger partial charge in [-0.1, -0.05) is 39.5 Å². The summed E-state index contributed by atoms with van der Waals surface area (Å²) in [5.41, 5.74) is 0.775. The minimum absolute atomic E-state index is 0.238. The molecule has 0 aliphatic carbocycles. The average Bonchev–Trinajstić information content (AvgIpc) is 2.63. The molecule has 1 heterocycles. The average molecular weight is 236 g/mol. The highest BCUT2D eigenvalue weighted by Gasteiger charge is 2.17. The van der Waals surface area contributed by atoms with E-state index in [1.54, 1.807) is 0 Å². The molecule has 0 amide bonds. The minimum Gasteiger partial charge on any atom is -0.466 e. The van der Waals surface area contributed by atoms with Crippen molar-refractivity contribution in [2.24, 2.45) is 5.92 Å². The van der Waals surface area contributed by atoms with Gasteiger partial charge in [-0.15, -0.1) is 0 Å². The molecule has 0 saturated carbocycles. The second kappa shape index (κ2) is 6.63. The van der Waals surface area contributed by atoms with Crippen LogP contribution in [0.1, 0.15) is 67.8 Å². The summed E-state index contributed by atoms with van der Waals surface area (Å²) in [6.07, 6.45) is 5.33. The molecular formula is C15H24O2. The van der Waals surface area contributed by atoms with Gasteiger partial charge in [0.05, 0.1) is 5.56 Å². The molecule has 0 aromatic carbocycles. The standard InChI is InChI=1S/C15H24O2/c1-5-7-8-13(6-2)10-15(16)14-9-11(3)17-12(14)4/h9,13H,5-8,10H2,1-4H3. The van der Waals surface area contributed by atoms with Gasteiger partial charge in [0.15, 0.2) is 5.78 Å². The topological polar surface area (TPSA) is 30.2 Å². The first-order chi connectivity index (χ1) is 8.08. The Bertz CT molecular complexity index is 363. The van der Waals surface area contributed by atoms with Gasteiger partial charge in [0.25, 0.3) is 0 Å².